The van der Waals surface area contributed by atoms with Gasteiger partial charge in [0.25, 0.3) is 5.91 Å². The maximum absolute atomic E-state index is 11.7. The SMILES string of the molecule is O=C(CNC(=O)c1cc(Cl)ccn1)Nc1ccncc1. The number of pyridine rings is 2. The van der Waals surface area contributed by atoms with Crippen LogP contribution in [0.3, 0.4) is 0 Å². The Labute approximate surface area is 120 Å². The molecular weight excluding hydrogens is 280 g/mol. The number of anilines is 1. The molecule has 7 heteroatoms. The third-order valence-corrected chi connectivity index (χ3v) is 2.56. The van der Waals surface area contributed by atoms with Crippen molar-refractivity contribution in [1.82, 2.24) is 15.3 Å². The van der Waals surface area contributed by atoms with Crippen molar-refractivity contribution in [2.45, 2.75) is 0 Å². The second kappa shape index (κ2) is 6.63. The van der Waals surface area contributed by atoms with Crippen LogP contribution in [0.5, 0.6) is 0 Å². The largest absolute Gasteiger partial charge is 0.342 e. The van der Waals surface area contributed by atoms with Gasteiger partial charge in [0.05, 0.1) is 6.54 Å². The van der Waals surface area contributed by atoms with Crippen molar-refractivity contribution >= 4 is 29.1 Å². The average Bonchev–Trinajstić information content (AvgIpc) is 2.46. The van der Waals surface area contributed by atoms with Gasteiger partial charge in [-0.2, -0.15) is 0 Å². The molecule has 0 aromatic carbocycles. The molecule has 2 rings (SSSR count). The molecular formula is C13H11ClN4O2. The van der Waals surface area contributed by atoms with Crippen molar-refractivity contribution in [3.63, 3.8) is 0 Å². The number of hydrogen-bond acceptors (Lipinski definition) is 4. The summed E-state index contributed by atoms with van der Waals surface area (Å²) in [5.74, 6) is -0.802. The first-order chi connectivity index (χ1) is 9.65. The van der Waals surface area contributed by atoms with E-state index >= 15 is 0 Å². The molecule has 6 nitrogen and oxygen atoms in total. The molecule has 0 spiro atoms. The number of aromatic nitrogens is 2. The van der Waals surface area contributed by atoms with Gasteiger partial charge >= 0.3 is 0 Å². The third kappa shape index (κ3) is 4.03. The summed E-state index contributed by atoms with van der Waals surface area (Å²) in [6.45, 7) is -0.157. The number of hydrogen-bond donors (Lipinski definition) is 2. The Morgan fingerprint density at radius 1 is 1.15 bits per heavy atom. The van der Waals surface area contributed by atoms with Crippen LogP contribution in [0, 0.1) is 0 Å². The summed E-state index contributed by atoms with van der Waals surface area (Å²) in [6, 6.07) is 6.29. The van der Waals surface area contributed by atoms with E-state index in [-0.39, 0.29) is 18.1 Å². The highest BCUT2D eigenvalue weighted by Crippen LogP contribution is 2.07. The minimum Gasteiger partial charge on any atom is -0.342 e. The van der Waals surface area contributed by atoms with Gasteiger partial charge in [-0.15, -0.1) is 0 Å². The van der Waals surface area contributed by atoms with Crippen molar-refractivity contribution in [3.8, 4) is 0 Å². The van der Waals surface area contributed by atoms with Crippen molar-refractivity contribution in [3.05, 3.63) is 53.6 Å². The number of nitrogens with zero attached hydrogens (tertiary/aromatic N) is 2. The lowest BCUT2D eigenvalue weighted by atomic mass is 10.3. The Hall–Kier alpha value is -2.47. The molecule has 0 saturated carbocycles. The zero-order chi connectivity index (χ0) is 14.4. The van der Waals surface area contributed by atoms with Crippen LogP contribution in [0.2, 0.25) is 5.02 Å². The molecule has 0 aliphatic heterocycles. The molecule has 0 radical (unpaired) electrons. The average molecular weight is 291 g/mol. The standard InChI is InChI=1S/C13H11ClN4O2/c14-9-1-6-16-11(7-9)13(20)17-8-12(19)18-10-2-4-15-5-3-10/h1-7H,8H2,(H,17,20)(H,15,18,19). The van der Waals surface area contributed by atoms with Gasteiger partial charge in [0.15, 0.2) is 0 Å². The van der Waals surface area contributed by atoms with Crippen LogP contribution >= 0.6 is 11.6 Å². The normalized spacial score (nSPS) is 9.85. The summed E-state index contributed by atoms with van der Waals surface area (Å²) >= 11 is 5.75. The van der Waals surface area contributed by atoms with Gasteiger partial charge in [0, 0.05) is 29.3 Å². The first kappa shape index (κ1) is 14.0. The molecule has 0 atom stereocenters. The summed E-state index contributed by atoms with van der Waals surface area (Å²) in [6.07, 6.45) is 4.54. The summed E-state index contributed by atoms with van der Waals surface area (Å²) in [5, 5.41) is 5.49. The topological polar surface area (TPSA) is 84.0 Å². The Balaban J connectivity index is 1.86. The predicted molar refractivity (Wildman–Crippen MR) is 74.4 cm³/mol. The minimum absolute atomic E-state index is 0.157. The molecule has 2 amide bonds. The van der Waals surface area contributed by atoms with Crippen molar-refractivity contribution < 1.29 is 9.59 Å². The summed E-state index contributed by atoms with van der Waals surface area (Å²) < 4.78 is 0. The molecule has 2 heterocycles. The van der Waals surface area contributed by atoms with Crippen LogP contribution < -0.4 is 10.6 Å². The first-order valence-corrected chi connectivity index (χ1v) is 6.12. The van der Waals surface area contributed by atoms with Crippen LogP contribution in [0.4, 0.5) is 5.69 Å². The molecule has 0 fully saturated rings. The number of amides is 2. The summed E-state index contributed by atoms with van der Waals surface area (Å²) in [5.41, 5.74) is 0.773. The van der Waals surface area contributed by atoms with Crippen molar-refractivity contribution in [2.24, 2.45) is 0 Å². The predicted octanol–water partition coefficient (Wildman–Crippen LogP) is 1.50. The molecule has 0 saturated heterocycles. The number of nitrogens with one attached hydrogen (secondary N) is 2. The van der Waals surface area contributed by atoms with E-state index in [9.17, 15) is 9.59 Å². The molecule has 0 unspecified atom stereocenters. The van der Waals surface area contributed by atoms with Gasteiger partial charge < -0.3 is 10.6 Å². The number of rotatable bonds is 4. The van der Waals surface area contributed by atoms with Crippen molar-refractivity contribution in [2.75, 3.05) is 11.9 Å². The lowest BCUT2D eigenvalue weighted by Crippen LogP contribution is -2.33. The lowest BCUT2D eigenvalue weighted by Gasteiger charge is -2.06. The van der Waals surface area contributed by atoms with Gasteiger partial charge in [-0.1, -0.05) is 11.6 Å². The third-order valence-electron chi connectivity index (χ3n) is 2.33. The lowest BCUT2D eigenvalue weighted by molar-refractivity contribution is -0.115. The Kier molecular flexibility index (Phi) is 4.62. The van der Waals surface area contributed by atoms with Gasteiger partial charge in [-0.05, 0) is 24.3 Å². The molecule has 0 bridgehead atoms. The van der Waals surface area contributed by atoms with Gasteiger partial charge in [0.2, 0.25) is 5.91 Å². The number of carbonyl (C=O) groups excluding carboxylic acids is 2. The van der Waals surface area contributed by atoms with Crippen LogP contribution in [-0.4, -0.2) is 28.3 Å². The molecule has 0 aliphatic carbocycles. The second-order valence-electron chi connectivity index (χ2n) is 3.83. The van der Waals surface area contributed by atoms with Crippen molar-refractivity contribution in [1.29, 1.82) is 0 Å². The van der Waals surface area contributed by atoms with E-state index in [0.29, 0.717) is 10.7 Å². The fourth-order valence-electron chi connectivity index (χ4n) is 1.42. The monoisotopic (exact) mass is 290 g/mol. The fourth-order valence-corrected chi connectivity index (χ4v) is 1.58. The Bertz CT molecular complexity index is 619. The minimum atomic E-state index is -0.461. The fraction of sp³-hybridized carbons (Fsp3) is 0.0769. The van der Waals surface area contributed by atoms with E-state index in [1.165, 1.54) is 12.3 Å². The van der Waals surface area contributed by atoms with E-state index in [2.05, 4.69) is 20.6 Å². The maximum Gasteiger partial charge on any atom is 0.270 e. The van der Waals surface area contributed by atoms with Gasteiger partial charge in [-0.25, -0.2) is 0 Å². The van der Waals surface area contributed by atoms with Crippen LogP contribution in [0.15, 0.2) is 42.9 Å². The van der Waals surface area contributed by atoms with E-state index < -0.39 is 5.91 Å². The maximum atomic E-state index is 11.7. The molecule has 2 aromatic rings. The highest BCUT2D eigenvalue weighted by atomic mass is 35.5. The van der Waals surface area contributed by atoms with Crippen LogP contribution in [0.1, 0.15) is 10.5 Å². The molecule has 20 heavy (non-hydrogen) atoms. The zero-order valence-corrected chi connectivity index (χ0v) is 11.1. The Morgan fingerprint density at radius 2 is 1.90 bits per heavy atom. The second-order valence-corrected chi connectivity index (χ2v) is 4.26. The quantitative estimate of drug-likeness (QED) is 0.894. The highest BCUT2D eigenvalue weighted by Gasteiger charge is 2.09. The summed E-state index contributed by atoms with van der Waals surface area (Å²) in [4.78, 5) is 31.1. The van der Waals surface area contributed by atoms with Gasteiger partial charge in [-0.3, -0.25) is 19.6 Å². The molecule has 102 valence electrons. The molecule has 2 aromatic heterocycles. The van der Waals surface area contributed by atoms with E-state index in [1.807, 2.05) is 0 Å². The number of halogens is 1. The Morgan fingerprint density at radius 3 is 2.60 bits per heavy atom. The smallest absolute Gasteiger partial charge is 0.270 e. The van der Waals surface area contributed by atoms with Crippen LogP contribution in [-0.2, 0) is 4.79 Å². The highest BCUT2D eigenvalue weighted by molar-refractivity contribution is 6.30. The summed E-state index contributed by atoms with van der Waals surface area (Å²) in [7, 11) is 0. The van der Waals surface area contributed by atoms with E-state index in [1.54, 1.807) is 30.6 Å². The van der Waals surface area contributed by atoms with E-state index in [0.717, 1.165) is 0 Å². The van der Waals surface area contributed by atoms with Crippen LogP contribution in [0.25, 0.3) is 0 Å². The molecule has 2 N–H and O–H groups in total. The first-order valence-electron chi connectivity index (χ1n) is 5.75. The van der Waals surface area contributed by atoms with Gasteiger partial charge in [0.1, 0.15) is 5.69 Å². The number of carbonyl (C=O) groups is 2. The molecule has 0 aliphatic rings. The van der Waals surface area contributed by atoms with E-state index in [4.69, 9.17) is 11.6 Å². The zero-order valence-electron chi connectivity index (χ0n) is 10.3.